The first-order valence-electron chi connectivity index (χ1n) is 8.64. The zero-order valence-electron chi connectivity index (χ0n) is 14.5. The Morgan fingerprint density at radius 2 is 2.30 bits per heavy atom. The Morgan fingerprint density at radius 3 is 3.04 bits per heavy atom. The summed E-state index contributed by atoms with van der Waals surface area (Å²) in [5, 5.41) is 8.49. The van der Waals surface area contributed by atoms with Gasteiger partial charge < -0.3 is 15.5 Å². The Balaban J connectivity index is 1.67. The van der Waals surface area contributed by atoms with E-state index in [1.54, 1.807) is 4.90 Å². The average molecular weight is 387 g/mol. The molecule has 4 N–H and O–H groups in total. The molecule has 0 aliphatic carbocycles. The molecule has 1 aromatic carbocycles. The van der Waals surface area contributed by atoms with Gasteiger partial charge in [0, 0.05) is 24.5 Å². The number of rotatable bonds is 4. The molecule has 2 aliphatic rings. The number of hydrogen-bond donors (Lipinski definition) is 4. The van der Waals surface area contributed by atoms with Crippen LogP contribution in [0.4, 0.5) is 10.6 Å². The number of aromatic nitrogens is 1. The predicted molar refractivity (Wildman–Crippen MR) is 103 cm³/mol. The van der Waals surface area contributed by atoms with Crippen LogP contribution in [0.15, 0.2) is 36.9 Å². The summed E-state index contributed by atoms with van der Waals surface area (Å²) in [6.07, 6.45) is 1.69. The number of nitrogens with zero attached hydrogens (tertiary/aromatic N) is 2. The average Bonchev–Trinajstić information content (AvgIpc) is 3.30. The molecule has 8 nitrogen and oxygen atoms in total. The third kappa shape index (κ3) is 3.41. The first-order chi connectivity index (χ1) is 13.0. The Bertz CT molecular complexity index is 933. The van der Waals surface area contributed by atoms with Gasteiger partial charge in [-0.15, -0.1) is 0 Å². The van der Waals surface area contributed by atoms with Crippen molar-refractivity contribution < 1.29 is 9.59 Å². The van der Waals surface area contributed by atoms with E-state index in [0.717, 1.165) is 17.2 Å². The van der Waals surface area contributed by atoms with E-state index in [4.69, 9.17) is 16.6 Å². The number of nitrogens with one attached hydrogen (secondary N) is 4. The first kappa shape index (κ1) is 17.6. The molecule has 0 bridgehead atoms. The smallest absolute Gasteiger partial charge is 0.330 e. The van der Waals surface area contributed by atoms with Gasteiger partial charge in [0.2, 0.25) is 5.91 Å². The van der Waals surface area contributed by atoms with E-state index in [0.29, 0.717) is 29.6 Å². The van der Waals surface area contributed by atoms with Gasteiger partial charge in [-0.2, -0.15) is 0 Å². The number of amides is 3. The number of benzene rings is 1. The quantitative estimate of drug-likeness (QED) is 0.602. The first-order valence-corrected chi connectivity index (χ1v) is 9.02. The molecular formula is C18H19ClN6O2. The molecule has 9 heteroatoms. The van der Waals surface area contributed by atoms with Crippen LogP contribution in [0.25, 0.3) is 10.8 Å². The van der Waals surface area contributed by atoms with Gasteiger partial charge in [-0.25, -0.2) is 15.2 Å². The van der Waals surface area contributed by atoms with Crippen molar-refractivity contribution in [3.63, 3.8) is 0 Å². The fraction of sp³-hybridized carbons (Fsp3) is 0.278. The van der Waals surface area contributed by atoms with Gasteiger partial charge in [0.15, 0.2) is 0 Å². The summed E-state index contributed by atoms with van der Waals surface area (Å²) in [6.45, 7) is 4.78. The maximum absolute atomic E-state index is 11.8. The molecule has 27 heavy (non-hydrogen) atoms. The molecule has 3 amide bonds. The molecule has 2 saturated heterocycles. The largest absolute Gasteiger partial charge is 0.365 e. The second-order valence-corrected chi connectivity index (χ2v) is 6.94. The molecule has 3 heterocycles. The van der Waals surface area contributed by atoms with Gasteiger partial charge in [0.1, 0.15) is 12.0 Å². The lowest BCUT2D eigenvalue weighted by atomic mass is 10.1. The van der Waals surface area contributed by atoms with Gasteiger partial charge in [-0.1, -0.05) is 30.3 Å². The molecule has 140 valence electrons. The van der Waals surface area contributed by atoms with E-state index < -0.39 is 6.17 Å². The van der Waals surface area contributed by atoms with Gasteiger partial charge in [-0.05, 0) is 30.0 Å². The van der Waals surface area contributed by atoms with Crippen LogP contribution in [0.3, 0.4) is 0 Å². The lowest BCUT2D eigenvalue weighted by molar-refractivity contribution is -0.125. The maximum atomic E-state index is 11.8. The number of hydrogen-bond acceptors (Lipinski definition) is 5. The van der Waals surface area contributed by atoms with Gasteiger partial charge in [-0.3, -0.25) is 10.2 Å². The van der Waals surface area contributed by atoms with Crippen molar-refractivity contribution in [3.8, 4) is 0 Å². The molecule has 2 aromatic rings. The standard InChI is InChI=1S/C18H19ClN6O2/c1-2-14(26)25-7-6-11(9-25)20-17-15-10(4-3-5-12(15)19)8-13(21-17)16-22-18(27)24-23-16/h2-5,8,11,16,23H,1,6-7,9H2,(H,20,21)(H2,22,24,27)/t11-,16?/m0/s1. The molecule has 4 rings (SSSR count). The van der Waals surface area contributed by atoms with E-state index >= 15 is 0 Å². The summed E-state index contributed by atoms with van der Waals surface area (Å²) >= 11 is 6.43. The van der Waals surface area contributed by atoms with Crippen LogP contribution in [0.5, 0.6) is 0 Å². The fourth-order valence-corrected chi connectivity index (χ4v) is 3.70. The summed E-state index contributed by atoms with van der Waals surface area (Å²) in [4.78, 5) is 29.7. The zero-order valence-corrected chi connectivity index (χ0v) is 15.2. The zero-order chi connectivity index (χ0) is 19.0. The molecule has 2 atom stereocenters. The molecule has 1 unspecified atom stereocenters. The number of anilines is 1. The molecule has 2 fully saturated rings. The number of carbonyl (C=O) groups excluding carboxylic acids is 2. The number of likely N-dealkylation sites (tertiary alicyclic amines) is 1. The number of halogens is 1. The van der Waals surface area contributed by atoms with Crippen LogP contribution in [-0.4, -0.2) is 41.0 Å². The summed E-state index contributed by atoms with van der Waals surface area (Å²) < 4.78 is 0. The predicted octanol–water partition coefficient (Wildman–Crippen LogP) is 1.90. The molecule has 0 spiro atoms. The summed E-state index contributed by atoms with van der Waals surface area (Å²) in [5.41, 5.74) is 6.01. The van der Waals surface area contributed by atoms with Crippen molar-refractivity contribution in [3.05, 3.63) is 47.6 Å². The number of carbonyl (C=O) groups is 2. The van der Waals surface area contributed by atoms with Crippen molar-refractivity contribution in [1.82, 2.24) is 26.1 Å². The Hall–Kier alpha value is -2.84. The highest BCUT2D eigenvalue weighted by Crippen LogP contribution is 2.32. The second-order valence-electron chi connectivity index (χ2n) is 6.53. The van der Waals surface area contributed by atoms with Gasteiger partial charge in [0.25, 0.3) is 0 Å². The second kappa shape index (κ2) is 7.05. The van der Waals surface area contributed by atoms with Crippen molar-refractivity contribution in [2.24, 2.45) is 0 Å². The van der Waals surface area contributed by atoms with Crippen LogP contribution >= 0.6 is 11.6 Å². The highest BCUT2D eigenvalue weighted by molar-refractivity contribution is 6.36. The number of hydrazine groups is 1. The molecule has 2 aliphatic heterocycles. The van der Waals surface area contributed by atoms with Crippen LogP contribution in [0.1, 0.15) is 18.3 Å². The lowest BCUT2D eigenvalue weighted by Crippen LogP contribution is -2.30. The minimum Gasteiger partial charge on any atom is -0.365 e. The molecular weight excluding hydrogens is 368 g/mol. The van der Waals surface area contributed by atoms with Crippen molar-refractivity contribution >= 4 is 40.1 Å². The summed E-state index contributed by atoms with van der Waals surface area (Å²) in [6, 6.07) is 7.27. The van der Waals surface area contributed by atoms with Crippen molar-refractivity contribution in [1.29, 1.82) is 0 Å². The molecule has 0 radical (unpaired) electrons. The van der Waals surface area contributed by atoms with Crippen LogP contribution < -0.4 is 21.5 Å². The molecule has 0 saturated carbocycles. The SMILES string of the molecule is C=CC(=O)N1CC[C@H](Nc2nc(C3NNC(=O)N3)cc3cccc(Cl)c23)C1. The van der Waals surface area contributed by atoms with Crippen LogP contribution in [0.2, 0.25) is 5.02 Å². The Kier molecular flexibility index (Phi) is 4.59. The monoisotopic (exact) mass is 386 g/mol. The van der Waals surface area contributed by atoms with Crippen molar-refractivity contribution in [2.45, 2.75) is 18.6 Å². The van der Waals surface area contributed by atoms with Gasteiger partial charge >= 0.3 is 6.03 Å². The number of fused-ring (bicyclic) bond motifs is 1. The highest BCUT2D eigenvalue weighted by atomic mass is 35.5. The maximum Gasteiger partial charge on any atom is 0.330 e. The van der Waals surface area contributed by atoms with E-state index in [1.165, 1.54) is 6.08 Å². The highest BCUT2D eigenvalue weighted by Gasteiger charge is 2.27. The van der Waals surface area contributed by atoms with Crippen LogP contribution in [0, 0.1) is 0 Å². The summed E-state index contributed by atoms with van der Waals surface area (Å²) in [5.74, 6) is 0.557. The minimum atomic E-state index is -0.441. The van der Waals surface area contributed by atoms with E-state index in [2.05, 4.69) is 28.1 Å². The third-order valence-corrected chi connectivity index (χ3v) is 5.06. The Labute approximate surface area is 160 Å². The Morgan fingerprint density at radius 1 is 1.44 bits per heavy atom. The lowest BCUT2D eigenvalue weighted by Gasteiger charge is -2.19. The minimum absolute atomic E-state index is 0.0559. The molecule has 1 aromatic heterocycles. The van der Waals surface area contributed by atoms with E-state index in [-0.39, 0.29) is 18.0 Å². The normalized spacial score (nSPS) is 21.8. The van der Waals surface area contributed by atoms with E-state index in [9.17, 15) is 9.59 Å². The number of pyridine rings is 1. The topological polar surface area (TPSA) is 98.4 Å². The number of urea groups is 1. The van der Waals surface area contributed by atoms with Gasteiger partial charge in [0.05, 0.1) is 10.7 Å². The van der Waals surface area contributed by atoms with Crippen LogP contribution in [-0.2, 0) is 4.79 Å². The fourth-order valence-electron chi connectivity index (χ4n) is 3.43. The summed E-state index contributed by atoms with van der Waals surface area (Å²) in [7, 11) is 0. The van der Waals surface area contributed by atoms with Crippen molar-refractivity contribution in [2.75, 3.05) is 18.4 Å². The van der Waals surface area contributed by atoms with E-state index in [1.807, 2.05) is 24.3 Å². The third-order valence-electron chi connectivity index (χ3n) is 4.74.